The first-order chi connectivity index (χ1) is 6.54. The molecule has 1 fully saturated rings. The third kappa shape index (κ3) is 1.22. The van der Waals surface area contributed by atoms with Gasteiger partial charge >= 0.3 is 0 Å². The van der Waals surface area contributed by atoms with E-state index in [4.69, 9.17) is 5.73 Å². The van der Waals surface area contributed by atoms with Gasteiger partial charge in [-0.15, -0.1) is 0 Å². The number of phenols is 1. The normalized spacial score (nSPS) is 19.1. The molecule has 76 valence electrons. The smallest absolute Gasteiger partial charge is 0.123 e. The maximum absolute atomic E-state index is 10.00. The molecular formula is C12H17NO. The SMILES string of the molecule is Cc1ccc(C2(N)CCC2)c(O)c1C. The highest BCUT2D eigenvalue weighted by atomic mass is 16.3. The first-order valence-electron chi connectivity index (χ1n) is 5.13. The molecule has 0 unspecified atom stereocenters. The van der Waals surface area contributed by atoms with Crippen molar-refractivity contribution < 1.29 is 5.11 Å². The minimum absolute atomic E-state index is 0.261. The molecule has 0 aliphatic heterocycles. The van der Waals surface area contributed by atoms with Crippen molar-refractivity contribution in [2.24, 2.45) is 5.73 Å². The predicted octanol–water partition coefficient (Wildman–Crippen LogP) is 2.35. The lowest BCUT2D eigenvalue weighted by molar-refractivity contribution is 0.245. The molecule has 1 aromatic rings. The third-order valence-electron chi connectivity index (χ3n) is 3.48. The Bertz CT molecular complexity index is 367. The topological polar surface area (TPSA) is 46.2 Å². The zero-order chi connectivity index (χ0) is 10.3. The third-order valence-corrected chi connectivity index (χ3v) is 3.48. The van der Waals surface area contributed by atoms with Gasteiger partial charge < -0.3 is 10.8 Å². The van der Waals surface area contributed by atoms with Crippen LogP contribution in [-0.2, 0) is 5.54 Å². The van der Waals surface area contributed by atoms with E-state index in [9.17, 15) is 5.11 Å². The lowest BCUT2D eigenvalue weighted by atomic mass is 9.72. The maximum atomic E-state index is 10.00. The van der Waals surface area contributed by atoms with Gasteiger partial charge in [-0.05, 0) is 44.2 Å². The largest absolute Gasteiger partial charge is 0.507 e. The number of hydrogen-bond donors (Lipinski definition) is 2. The summed E-state index contributed by atoms with van der Waals surface area (Å²) in [4.78, 5) is 0. The summed E-state index contributed by atoms with van der Waals surface area (Å²) in [5.41, 5.74) is 8.92. The zero-order valence-electron chi connectivity index (χ0n) is 8.80. The number of nitrogens with two attached hydrogens (primary N) is 1. The summed E-state index contributed by atoms with van der Waals surface area (Å²) in [6.45, 7) is 3.94. The number of rotatable bonds is 1. The molecule has 1 aliphatic rings. The van der Waals surface area contributed by atoms with Gasteiger partial charge in [-0.1, -0.05) is 12.1 Å². The van der Waals surface area contributed by atoms with Crippen LogP contribution >= 0.6 is 0 Å². The molecule has 2 rings (SSSR count). The van der Waals surface area contributed by atoms with Crippen LogP contribution in [0.3, 0.4) is 0 Å². The lowest BCUT2D eigenvalue weighted by Crippen LogP contribution is -2.43. The van der Waals surface area contributed by atoms with Crippen molar-refractivity contribution in [1.29, 1.82) is 0 Å². The fourth-order valence-corrected chi connectivity index (χ4v) is 2.03. The fourth-order valence-electron chi connectivity index (χ4n) is 2.03. The van der Waals surface area contributed by atoms with E-state index in [1.165, 1.54) is 6.42 Å². The monoisotopic (exact) mass is 191 g/mol. The molecule has 1 aliphatic carbocycles. The number of aromatic hydroxyl groups is 1. The van der Waals surface area contributed by atoms with Gasteiger partial charge in [0.05, 0.1) is 0 Å². The van der Waals surface area contributed by atoms with Crippen molar-refractivity contribution in [1.82, 2.24) is 0 Å². The minimum atomic E-state index is -0.261. The van der Waals surface area contributed by atoms with Crippen LogP contribution in [0.15, 0.2) is 12.1 Å². The fraction of sp³-hybridized carbons (Fsp3) is 0.500. The van der Waals surface area contributed by atoms with E-state index >= 15 is 0 Å². The Morgan fingerprint density at radius 1 is 1.29 bits per heavy atom. The molecule has 0 bridgehead atoms. The molecule has 0 amide bonds. The van der Waals surface area contributed by atoms with Crippen molar-refractivity contribution in [3.63, 3.8) is 0 Å². The summed E-state index contributed by atoms with van der Waals surface area (Å²) in [5.74, 6) is 0.396. The van der Waals surface area contributed by atoms with Crippen LogP contribution in [0.4, 0.5) is 0 Å². The second kappa shape index (κ2) is 2.99. The van der Waals surface area contributed by atoms with Crippen molar-refractivity contribution in [2.75, 3.05) is 0 Å². The lowest BCUT2D eigenvalue weighted by Gasteiger charge is -2.39. The first kappa shape index (κ1) is 9.53. The van der Waals surface area contributed by atoms with Gasteiger partial charge in [0.25, 0.3) is 0 Å². The van der Waals surface area contributed by atoms with Gasteiger partial charge in [0.2, 0.25) is 0 Å². The van der Waals surface area contributed by atoms with Gasteiger partial charge in [-0.3, -0.25) is 0 Å². The van der Waals surface area contributed by atoms with Crippen molar-refractivity contribution in [3.05, 3.63) is 28.8 Å². The molecule has 1 aromatic carbocycles. The van der Waals surface area contributed by atoms with Crippen LogP contribution < -0.4 is 5.73 Å². The Labute approximate surface area is 84.7 Å². The molecule has 0 aromatic heterocycles. The van der Waals surface area contributed by atoms with E-state index in [1.54, 1.807) is 0 Å². The molecule has 0 saturated heterocycles. The molecule has 2 nitrogen and oxygen atoms in total. The molecular weight excluding hydrogens is 174 g/mol. The van der Waals surface area contributed by atoms with Crippen LogP contribution in [0.1, 0.15) is 36.0 Å². The molecule has 1 saturated carbocycles. The van der Waals surface area contributed by atoms with Crippen LogP contribution in [0.25, 0.3) is 0 Å². The highest BCUT2D eigenvalue weighted by Crippen LogP contribution is 2.43. The second-order valence-electron chi connectivity index (χ2n) is 4.41. The molecule has 2 heteroatoms. The number of hydrogen-bond acceptors (Lipinski definition) is 2. The Balaban J connectivity index is 2.49. The van der Waals surface area contributed by atoms with Crippen LogP contribution in [-0.4, -0.2) is 5.11 Å². The average Bonchev–Trinajstić information content (AvgIpc) is 2.11. The summed E-state index contributed by atoms with van der Waals surface area (Å²) in [5, 5.41) is 10.00. The van der Waals surface area contributed by atoms with Crippen LogP contribution in [0, 0.1) is 13.8 Å². The van der Waals surface area contributed by atoms with Crippen LogP contribution in [0.5, 0.6) is 5.75 Å². The molecule has 0 radical (unpaired) electrons. The summed E-state index contributed by atoms with van der Waals surface area (Å²) >= 11 is 0. The van der Waals surface area contributed by atoms with Crippen molar-refractivity contribution >= 4 is 0 Å². The van der Waals surface area contributed by atoms with E-state index in [1.807, 2.05) is 26.0 Å². The summed E-state index contributed by atoms with van der Waals surface area (Å²) in [6.07, 6.45) is 3.15. The maximum Gasteiger partial charge on any atom is 0.123 e. The number of aryl methyl sites for hydroxylation is 1. The van der Waals surface area contributed by atoms with Crippen molar-refractivity contribution in [2.45, 2.75) is 38.6 Å². The second-order valence-corrected chi connectivity index (χ2v) is 4.41. The Kier molecular flexibility index (Phi) is 2.04. The summed E-state index contributed by atoms with van der Waals surface area (Å²) in [6, 6.07) is 4.01. The van der Waals surface area contributed by atoms with Crippen LogP contribution in [0.2, 0.25) is 0 Å². The molecule has 0 spiro atoms. The quantitative estimate of drug-likeness (QED) is 0.715. The highest BCUT2D eigenvalue weighted by Gasteiger charge is 2.36. The van der Waals surface area contributed by atoms with E-state index in [2.05, 4.69) is 0 Å². The van der Waals surface area contributed by atoms with Crippen molar-refractivity contribution in [3.8, 4) is 5.75 Å². The Morgan fingerprint density at radius 2 is 1.93 bits per heavy atom. The molecule has 0 atom stereocenters. The van der Waals surface area contributed by atoms with E-state index in [0.29, 0.717) is 5.75 Å². The van der Waals surface area contributed by atoms with E-state index < -0.39 is 0 Å². The molecule has 3 N–H and O–H groups in total. The minimum Gasteiger partial charge on any atom is -0.507 e. The Hall–Kier alpha value is -1.02. The van der Waals surface area contributed by atoms with E-state index in [0.717, 1.165) is 29.5 Å². The number of benzene rings is 1. The van der Waals surface area contributed by atoms with Gasteiger partial charge in [0.15, 0.2) is 0 Å². The molecule has 0 heterocycles. The standard InChI is InChI=1S/C12H17NO/c1-8-4-5-10(11(14)9(8)2)12(13)6-3-7-12/h4-5,14H,3,6-7,13H2,1-2H3. The predicted molar refractivity (Wildman–Crippen MR) is 57.3 cm³/mol. The summed E-state index contributed by atoms with van der Waals surface area (Å²) in [7, 11) is 0. The average molecular weight is 191 g/mol. The van der Waals surface area contributed by atoms with Gasteiger partial charge in [0.1, 0.15) is 5.75 Å². The highest BCUT2D eigenvalue weighted by molar-refractivity contribution is 5.48. The summed E-state index contributed by atoms with van der Waals surface area (Å²) < 4.78 is 0. The van der Waals surface area contributed by atoms with Gasteiger partial charge in [0, 0.05) is 11.1 Å². The Morgan fingerprint density at radius 3 is 2.43 bits per heavy atom. The molecule has 14 heavy (non-hydrogen) atoms. The van der Waals surface area contributed by atoms with Gasteiger partial charge in [-0.25, -0.2) is 0 Å². The van der Waals surface area contributed by atoms with Gasteiger partial charge in [-0.2, -0.15) is 0 Å². The first-order valence-corrected chi connectivity index (χ1v) is 5.13. The number of phenolic OH excluding ortho intramolecular Hbond substituents is 1. The zero-order valence-corrected chi connectivity index (χ0v) is 8.80. The van der Waals surface area contributed by atoms with E-state index in [-0.39, 0.29) is 5.54 Å².